The second kappa shape index (κ2) is 6.38. The van der Waals surface area contributed by atoms with Crippen LogP contribution in [0.5, 0.6) is 0 Å². The number of halogens is 3. The first kappa shape index (κ1) is 16.7. The molecule has 130 valence electrons. The number of nitrogens with zero attached hydrogens (tertiary/aromatic N) is 3. The largest absolute Gasteiger partial charge is 0.417 e. The summed E-state index contributed by atoms with van der Waals surface area (Å²) in [7, 11) is 0. The fourth-order valence-corrected chi connectivity index (χ4v) is 2.30. The van der Waals surface area contributed by atoms with E-state index in [1.54, 1.807) is 12.3 Å². The summed E-state index contributed by atoms with van der Waals surface area (Å²) in [6.07, 6.45) is -1.19. The Morgan fingerprint density at radius 2 is 2.00 bits per heavy atom. The van der Waals surface area contributed by atoms with E-state index in [1.807, 2.05) is 0 Å². The van der Waals surface area contributed by atoms with Gasteiger partial charge in [-0.05, 0) is 18.2 Å². The van der Waals surface area contributed by atoms with Crippen molar-refractivity contribution in [2.45, 2.75) is 18.5 Å². The zero-order valence-electron chi connectivity index (χ0n) is 12.6. The maximum absolute atomic E-state index is 13.0. The van der Waals surface area contributed by atoms with Gasteiger partial charge in [0.05, 0.1) is 11.1 Å². The van der Waals surface area contributed by atoms with Gasteiger partial charge in [0.2, 0.25) is 6.29 Å². The van der Waals surface area contributed by atoms with E-state index in [0.29, 0.717) is 0 Å². The van der Waals surface area contributed by atoms with Crippen LogP contribution in [0.3, 0.4) is 0 Å². The number of aliphatic imine (C=N–C) groups is 1. The Morgan fingerprint density at radius 3 is 2.64 bits per heavy atom. The molecule has 3 rings (SSSR count). The van der Waals surface area contributed by atoms with E-state index in [2.05, 4.69) is 20.7 Å². The van der Waals surface area contributed by atoms with E-state index >= 15 is 0 Å². The van der Waals surface area contributed by atoms with Crippen LogP contribution >= 0.6 is 0 Å². The van der Waals surface area contributed by atoms with Crippen LogP contribution in [0.1, 0.15) is 22.2 Å². The fraction of sp³-hybridized carbons (Fsp3) is 0.200. The van der Waals surface area contributed by atoms with Gasteiger partial charge in [0.1, 0.15) is 6.04 Å². The Morgan fingerprint density at radius 1 is 1.24 bits per heavy atom. The molecule has 1 aromatic heterocycles. The van der Waals surface area contributed by atoms with Gasteiger partial charge in [0, 0.05) is 18.6 Å². The number of aromatic nitrogens is 2. The molecule has 2 aromatic rings. The smallest absolute Gasteiger partial charge is 0.336 e. The Hall–Kier alpha value is -3.17. The summed E-state index contributed by atoms with van der Waals surface area (Å²) >= 11 is 0. The van der Waals surface area contributed by atoms with Crippen molar-refractivity contribution >= 4 is 18.0 Å². The lowest BCUT2D eigenvalue weighted by Crippen LogP contribution is -2.52. The average Bonchev–Trinajstić information content (AvgIpc) is 3.10. The third-order valence-corrected chi connectivity index (χ3v) is 3.47. The van der Waals surface area contributed by atoms with Gasteiger partial charge in [-0.15, -0.1) is 0 Å². The maximum atomic E-state index is 13.0. The van der Waals surface area contributed by atoms with Crippen molar-refractivity contribution in [1.29, 1.82) is 0 Å². The molecule has 2 heterocycles. The van der Waals surface area contributed by atoms with Crippen LogP contribution in [-0.4, -0.2) is 33.9 Å². The average molecular weight is 351 g/mol. The number of carbonyl (C=O) groups is 2. The maximum Gasteiger partial charge on any atom is 0.417 e. The van der Waals surface area contributed by atoms with Crippen molar-refractivity contribution < 1.29 is 22.8 Å². The molecule has 0 spiro atoms. The van der Waals surface area contributed by atoms with Crippen LogP contribution in [0, 0.1) is 0 Å². The highest BCUT2D eigenvalue weighted by molar-refractivity contribution is 6.05. The molecule has 2 N–H and O–H groups in total. The SMILES string of the molecule is O=C(NC1C=NC(n2cccn2)NC1=O)c1ccccc1C(F)(F)F. The second-order valence-corrected chi connectivity index (χ2v) is 5.16. The molecular weight excluding hydrogens is 339 g/mol. The Labute approximate surface area is 139 Å². The molecule has 0 bridgehead atoms. The lowest BCUT2D eigenvalue weighted by atomic mass is 10.1. The van der Waals surface area contributed by atoms with Crippen LogP contribution < -0.4 is 10.6 Å². The molecule has 2 amide bonds. The Bertz CT molecular complexity index is 817. The summed E-state index contributed by atoms with van der Waals surface area (Å²) in [4.78, 5) is 28.3. The van der Waals surface area contributed by atoms with Crippen molar-refractivity contribution in [3.8, 4) is 0 Å². The molecule has 1 aromatic carbocycles. The lowest BCUT2D eigenvalue weighted by Gasteiger charge is -2.24. The van der Waals surface area contributed by atoms with E-state index in [-0.39, 0.29) is 0 Å². The molecule has 2 atom stereocenters. The minimum Gasteiger partial charge on any atom is -0.336 e. The van der Waals surface area contributed by atoms with E-state index in [4.69, 9.17) is 0 Å². The van der Waals surface area contributed by atoms with Crippen LogP contribution in [-0.2, 0) is 11.0 Å². The first-order valence-electron chi connectivity index (χ1n) is 7.16. The van der Waals surface area contributed by atoms with Gasteiger partial charge in [0.25, 0.3) is 11.8 Å². The molecule has 10 heteroatoms. The zero-order valence-corrected chi connectivity index (χ0v) is 12.6. The highest BCUT2D eigenvalue weighted by Crippen LogP contribution is 2.31. The molecule has 1 aliphatic rings. The van der Waals surface area contributed by atoms with Gasteiger partial charge in [-0.2, -0.15) is 18.3 Å². The molecule has 0 aliphatic carbocycles. The molecule has 0 saturated heterocycles. The summed E-state index contributed by atoms with van der Waals surface area (Å²) in [5.74, 6) is -1.62. The normalized spacial score (nSPS) is 20.2. The molecule has 25 heavy (non-hydrogen) atoms. The molecule has 1 aliphatic heterocycles. The number of alkyl halides is 3. The minimum absolute atomic E-state index is 0.564. The number of amides is 2. The topological polar surface area (TPSA) is 88.4 Å². The summed E-state index contributed by atoms with van der Waals surface area (Å²) in [6, 6.07) is 4.81. The quantitative estimate of drug-likeness (QED) is 0.875. The fourth-order valence-electron chi connectivity index (χ4n) is 2.30. The molecule has 0 radical (unpaired) electrons. The van der Waals surface area contributed by atoms with Gasteiger partial charge < -0.3 is 10.6 Å². The number of rotatable bonds is 3. The van der Waals surface area contributed by atoms with E-state index < -0.39 is 41.4 Å². The number of hydrogen-bond acceptors (Lipinski definition) is 4. The molecule has 7 nitrogen and oxygen atoms in total. The monoisotopic (exact) mass is 351 g/mol. The molecule has 0 saturated carbocycles. The van der Waals surface area contributed by atoms with Crippen LogP contribution in [0.2, 0.25) is 0 Å². The standard InChI is InChI=1S/C15H12F3N5O2/c16-15(17,18)10-5-2-1-4-9(10)12(24)21-11-8-19-14(22-13(11)25)23-7-3-6-20-23/h1-8,11,14H,(H,21,24)(H,22,25). The number of hydrogen-bond donors (Lipinski definition) is 2. The van der Waals surface area contributed by atoms with Gasteiger partial charge >= 0.3 is 6.18 Å². The molecule has 0 fully saturated rings. The second-order valence-electron chi connectivity index (χ2n) is 5.16. The van der Waals surface area contributed by atoms with Gasteiger partial charge in [-0.25, -0.2) is 9.67 Å². The summed E-state index contributed by atoms with van der Waals surface area (Å²) in [6.45, 7) is 0. The highest BCUT2D eigenvalue weighted by Gasteiger charge is 2.36. The molecule has 2 unspecified atom stereocenters. The Kier molecular flexibility index (Phi) is 4.26. The van der Waals surface area contributed by atoms with E-state index in [0.717, 1.165) is 12.1 Å². The van der Waals surface area contributed by atoms with Crippen molar-refractivity contribution in [2.75, 3.05) is 0 Å². The molecular formula is C15H12F3N5O2. The number of carbonyl (C=O) groups excluding carboxylic acids is 2. The minimum atomic E-state index is -4.68. The first-order chi connectivity index (χ1) is 11.9. The van der Waals surface area contributed by atoms with Crippen molar-refractivity contribution in [2.24, 2.45) is 4.99 Å². The third kappa shape index (κ3) is 3.52. The predicted molar refractivity (Wildman–Crippen MR) is 80.6 cm³/mol. The zero-order chi connectivity index (χ0) is 18.0. The summed E-state index contributed by atoms with van der Waals surface area (Å²) in [5, 5.41) is 8.65. The van der Waals surface area contributed by atoms with Gasteiger partial charge in [-0.3, -0.25) is 9.59 Å². The van der Waals surface area contributed by atoms with Crippen molar-refractivity contribution in [1.82, 2.24) is 20.4 Å². The number of benzene rings is 1. The predicted octanol–water partition coefficient (Wildman–Crippen LogP) is 1.36. The third-order valence-electron chi connectivity index (χ3n) is 3.47. The van der Waals surface area contributed by atoms with Crippen molar-refractivity contribution in [3.05, 3.63) is 53.9 Å². The van der Waals surface area contributed by atoms with Crippen LogP contribution in [0.15, 0.2) is 47.7 Å². The summed E-state index contributed by atoms with van der Waals surface area (Å²) in [5.41, 5.74) is -1.64. The van der Waals surface area contributed by atoms with Crippen LogP contribution in [0.25, 0.3) is 0 Å². The van der Waals surface area contributed by atoms with Gasteiger partial charge in [0.15, 0.2) is 0 Å². The van der Waals surface area contributed by atoms with E-state index in [1.165, 1.54) is 29.2 Å². The first-order valence-corrected chi connectivity index (χ1v) is 7.16. The van der Waals surface area contributed by atoms with E-state index in [9.17, 15) is 22.8 Å². The highest BCUT2D eigenvalue weighted by atomic mass is 19.4. The summed E-state index contributed by atoms with van der Waals surface area (Å²) < 4.78 is 40.3. The lowest BCUT2D eigenvalue weighted by molar-refractivity contribution is -0.137. The van der Waals surface area contributed by atoms with Crippen molar-refractivity contribution in [3.63, 3.8) is 0 Å². The Balaban J connectivity index is 1.76. The number of nitrogens with one attached hydrogen (secondary N) is 2. The van der Waals surface area contributed by atoms with Crippen LogP contribution in [0.4, 0.5) is 13.2 Å². The van der Waals surface area contributed by atoms with Gasteiger partial charge in [-0.1, -0.05) is 12.1 Å².